The second kappa shape index (κ2) is 6.98. The fourth-order valence-corrected chi connectivity index (χ4v) is 3.18. The van der Waals surface area contributed by atoms with Gasteiger partial charge in [0.1, 0.15) is 5.60 Å². The maximum Gasteiger partial charge on any atom is 0.410 e. The van der Waals surface area contributed by atoms with Crippen LogP contribution in [0.2, 0.25) is 0 Å². The summed E-state index contributed by atoms with van der Waals surface area (Å²) in [6.45, 7) is 6.09. The zero-order valence-corrected chi connectivity index (χ0v) is 15.4. The summed E-state index contributed by atoms with van der Waals surface area (Å²) >= 11 is 2.25. The molecule has 0 N–H and O–H groups in total. The number of ether oxygens (including phenoxy) is 1. The quantitative estimate of drug-likeness (QED) is 0.691. The molecule has 2 rings (SSSR count). The van der Waals surface area contributed by atoms with Crippen LogP contribution in [0.5, 0.6) is 0 Å². The van der Waals surface area contributed by atoms with Gasteiger partial charge in [0.2, 0.25) is 0 Å². The number of carbonyl (C=O) groups is 2. The van der Waals surface area contributed by atoms with Crippen LogP contribution >= 0.6 is 22.6 Å². The van der Waals surface area contributed by atoms with Gasteiger partial charge < -0.3 is 4.74 Å². The third-order valence-corrected chi connectivity index (χ3v) is 4.19. The number of halogens is 1. The van der Waals surface area contributed by atoms with Crippen molar-refractivity contribution < 1.29 is 14.3 Å². The molecule has 0 bridgehead atoms. The Morgan fingerprint density at radius 2 is 2.14 bits per heavy atom. The maximum absolute atomic E-state index is 12.4. The number of piperidine rings is 1. The lowest BCUT2D eigenvalue weighted by molar-refractivity contribution is -0.126. The monoisotopic (exact) mass is 415 g/mol. The van der Waals surface area contributed by atoms with Crippen LogP contribution in [0.1, 0.15) is 39.2 Å². The molecular weight excluding hydrogens is 393 g/mol. The number of nitrogens with zero attached hydrogens (tertiary/aromatic N) is 1. The lowest BCUT2D eigenvalue weighted by atomic mass is 9.95. The molecule has 1 atom stereocenters. The van der Waals surface area contributed by atoms with E-state index in [1.165, 1.54) is 0 Å². The summed E-state index contributed by atoms with van der Waals surface area (Å²) in [6, 6.07) is 7.62. The number of Topliss-reactive ketones (excluding diaryl/α,β-unsaturated/α-hetero) is 1. The van der Waals surface area contributed by atoms with Crippen LogP contribution in [0.25, 0.3) is 0 Å². The Labute approximate surface area is 145 Å². The standard InChI is InChI=1S/C17H22INO3/c1-17(2,3)22-16(21)19-9-5-8-15(20)14(19)11-12-6-4-7-13(18)10-12/h4,6-7,10,14H,5,8-9,11H2,1-3H3. The van der Waals surface area contributed by atoms with Gasteiger partial charge in [0.15, 0.2) is 5.78 Å². The number of ketones is 1. The lowest BCUT2D eigenvalue weighted by Crippen LogP contribution is -2.51. The summed E-state index contributed by atoms with van der Waals surface area (Å²) in [7, 11) is 0. The molecule has 0 saturated carbocycles. The van der Waals surface area contributed by atoms with Gasteiger partial charge in [0, 0.05) is 23.0 Å². The van der Waals surface area contributed by atoms with Gasteiger partial charge in [-0.15, -0.1) is 0 Å². The molecule has 0 radical (unpaired) electrons. The van der Waals surface area contributed by atoms with E-state index in [-0.39, 0.29) is 5.78 Å². The molecule has 22 heavy (non-hydrogen) atoms. The maximum atomic E-state index is 12.4. The third-order valence-electron chi connectivity index (χ3n) is 3.52. The average molecular weight is 415 g/mol. The predicted molar refractivity (Wildman–Crippen MR) is 93.8 cm³/mol. The summed E-state index contributed by atoms with van der Waals surface area (Å²) in [5, 5.41) is 0. The van der Waals surface area contributed by atoms with Crippen LogP contribution in [-0.4, -0.2) is 35.0 Å². The zero-order valence-electron chi connectivity index (χ0n) is 13.3. The van der Waals surface area contributed by atoms with Crippen LogP contribution < -0.4 is 0 Å². The van der Waals surface area contributed by atoms with Gasteiger partial charge in [0.25, 0.3) is 0 Å². The summed E-state index contributed by atoms with van der Waals surface area (Å²) in [6.07, 6.45) is 1.40. The van der Waals surface area contributed by atoms with Gasteiger partial charge in [-0.1, -0.05) is 12.1 Å². The van der Waals surface area contributed by atoms with E-state index >= 15 is 0 Å². The normalized spacial score (nSPS) is 19.2. The number of likely N-dealkylation sites (tertiary alicyclic amines) is 1. The largest absolute Gasteiger partial charge is 0.444 e. The van der Waals surface area contributed by atoms with E-state index in [4.69, 9.17) is 4.74 Å². The van der Waals surface area contributed by atoms with Crippen LogP contribution in [0.4, 0.5) is 4.79 Å². The first-order valence-corrected chi connectivity index (χ1v) is 8.61. The van der Waals surface area contributed by atoms with Crippen molar-refractivity contribution in [3.63, 3.8) is 0 Å². The number of carbonyl (C=O) groups excluding carboxylic acids is 2. The number of hydrogen-bond donors (Lipinski definition) is 0. The Morgan fingerprint density at radius 1 is 1.41 bits per heavy atom. The zero-order chi connectivity index (χ0) is 16.3. The molecule has 5 heteroatoms. The van der Waals surface area contributed by atoms with E-state index in [2.05, 4.69) is 28.7 Å². The van der Waals surface area contributed by atoms with Crippen molar-refractivity contribution in [2.75, 3.05) is 6.54 Å². The molecule has 0 aliphatic carbocycles. The van der Waals surface area contributed by atoms with Crippen molar-refractivity contribution in [3.05, 3.63) is 33.4 Å². The van der Waals surface area contributed by atoms with Crippen molar-refractivity contribution in [1.82, 2.24) is 4.90 Å². The number of hydrogen-bond acceptors (Lipinski definition) is 3. The Morgan fingerprint density at radius 3 is 2.77 bits per heavy atom. The molecular formula is C17H22INO3. The Balaban J connectivity index is 2.16. The van der Waals surface area contributed by atoms with E-state index in [1.54, 1.807) is 4.90 Å². The second-order valence-corrected chi connectivity index (χ2v) is 7.84. The minimum Gasteiger partial charge on any atom is -0.444 e. The van der Waals surface area contributed by atoms with Crippen molar-refractivity contribution in [2.45, 2.75) is 51.7 Å². The molecule has 1 aromatic carbocycles. The fraction of sp³-hybridized carbons (Fsp3) is 0.529. The van der Waals surface area contributed by atoms with Crippen molar-refractivity contribution >= 4 is 34.5 Å². The highest BCUT2D eigenvalue weighted by atomic mass is 127. The first-order valence-electron chi connectivity index (χ1n) is 7.53. The van der Waals surface area contributed by atoms with E-state index in [0.29, 0.717) is 25.8 Å². The van der Waals surface area contributed by atoms with Crippen molar-refractivity contribution in [1.29, 1.82) is 0 Å². The summed E-state index contributed by atoms with van der Waals surface area (Å²) in [5.74, 6) is 0.121. The molecule has 1 heterocycles. The van der Waals surface area contributed by atoms with Crippen LogP contribution in [0, 0.1) is 3.57 Å². The molecule has 1 aliphatic rings. The number of benzene rings is 1. The van der Waals surface area contributed by atoms with Gasteiger partial charge in [-0.2, -0.15) is 0 Å². The number of rotatable bonds is 2. The molecule has 1 amide bonds. The fourth-order valence-electron chi connectivity index (χ4n) is 2.57. The Kier molecular flexibility index (Phi) is 5.47. The molecule has 0 spiro atoms. The second-order valence-electron chi connectivity index (χ2n) is 6.59. The molecule has 4 nitrogen and oxygen atoms in total. The highest BCUT2D eigenvalue weighted by molar-refractivity contribution is 14.1. The molecule has 1 aliphatic heterocycles. The van der Waals surface area contributed by atoms with Gasteiger partial charge in [-0.05, 0) is 67.5 Å². The van der Waals surface area contributed by atoms with Crippen LogP contribution in [0.3, 0.4) is 0 Å². The molecule has 1 aromatic rings. The topological polar surface area (TPSA) is 46.6 Å². The molecule has 120 valence electrons. The van der Waals surface area contributed by atoms with Gasteiger partial charge >= 0.3 is 6.09 Å². The highest BCUT2D eigenvalue weighted by Gasteiger charge is 2.35. The summed E-state index contributed by atoms with van der Waals surface area (Å²) in [4.78, 5) is 26.3. The first kappa shape index (κ1) is 17.2. The molecule has 1 unspecified atom stereocenters. The molecule has 1 saturated heterocycles. The average Bonchev–Trinajstić information content (AvgIpc) is 2.39. The van der Waals surface area contributed by atoms with Crippen LogP contribution in [-0.2, 0) is 16.0 Å². The van der Waals surface area contributed by atoms with Crippen LogP contribution in [0.15, 0.2) is 24.3 Å². The van der Waals surface area contributed by atoms with Gasteiger partial charge in [-0.3, -0.25) is 9.69 Å². The third kappa shape index (κ3) is 4.69. The minimum atomic E-state index is -0.551. The number of amides is 1. The first-order chi connectivity index (χ1) is 10.3. The highest BCUT2D eigenvalue weighted by Crippen LogP contribution is 2.22. The van der Waals surface area contributed by atoms with Crippen molar-refractivity contribution in [3.8, 4) is 0 Å². The van der Waals surface area contributed by atoms with E-state index < -0.39 is 17.7 Å². The van der Waals surface area contributed by atoms with E-state index in [9.17, 15) is 9.59 Å². The summed E-state index contributed by atoms with van der Waals surface area (Å²) in [5.41, 5.74) is 0.519. The summed E-state index contributed by atoms with van der Waals surface area (Å²) < 4.78 is 6.58. The molecule has 1 fully saturated rings. The minimum absolute atomic E-state index is 0.121. The van der Waals surface area contributed by atoms with E-state index in [0.717, 1.165) is 9.13 Å². The van der Waals surface area contributed by atoms with Crippen molar-refractivity contribution in [2.24, 2.45) is 0 Å². The SMILES string of the molecule is CC(C)(C)OC(=O)N1CCCC(=O)C1Cc1cccc(I)c1. The Hall–Kier alpha value is -1.11. The smallest absolute Gasteiger partial charge is 0.410 e. The van der Waals surface area contributed by atoms with Gasteiger partial charge in [0.05, 0.1) is 6.04 Å². The van der Waals surface area contributed by atoms with Gasteiger partial charge in [-0.25, -0.2) is 4.79 Å². The Bertz CT molecular complexity index is 565. The molecule has 0 aromatic heterocycles. The van der Waals surface area contributed by atoms with E-state index in [1.807, 2.05) is 39.0 Å². The lowest BCUT2D eigenvalue weighted by Gasteiger charge is -2.35. The predicted octanol–water partition coefficient (Wildman–Crippen LogP) is 3.80.